The number of rotatable bonds is 5. The fourth-order valence-corrected chi connectivity index (χ4v) is 3.53. The smallest absolute Gasteiger partial charge is 0.258 e. The zero-order valence-electron chi connectivity index (χ0n) is 16.6. The maximum absolute atomic E-state index is 13.4. The number of carbonyl (C=O) groups excluding carboxylic acids is 1. The Hall–Kier alpha value is -3.66. The molecule has 0 aliphatic carbocycles. The summed E-state index contributed by atoms with van der Waals surface area (Å²) in [6, 6.07) is 11.5. The summed E-state index contributed by atoms with van der Waals surface area (Å²) < 4.78 is 25.7. The number of nitrogens with zero attached hydrogens (tertiary/aromatic N) is 6. The van der Waals surface area contributed by atoms with Crippen LogP contribution in [0.2, 0.25) is 0 Å². The Morgan fingerprint density at radius 3 is 2.81 bits per heavy atom. The van der Waals surface area contributed by atoms with Crippen LogP contribution in [0.4, 0.5) is 4.39 Å². The molecule has 10 heteroatoms. The van der Waals surface area contributed by atoms with Gasteiger partial charge in [-0.3, -0.25) is 4.79 Å². The molecule has 0 bridgehead atoms. The predicted molar refractivity (Wildman–Crippen MR) is 108 cm³/mol. The molecular weight excluding hydrogens is 403 g/mol. The number of morpholine rings is 1. The lowest BCUT2D eigenvalue weighted by molar-refractivity contribution is -0.135. The van der Waals surface area contributed by atoms with Gasteiger partial charge in [-0.25, -0.2) is 9.07 Å². The van der Waals surface area contributed by atoms with Gasteiger partial charge in [0.15, 0.2) is 0 Å². The van der Waals surface area contributed by atoms with E-state index in [0.717, 1.165) is 5.52 Å². The van der Waals surface area contributed by atoms with Crippen LogP contribution in [0.1, 0.15) is 6.42 Å². The molecule has 1 amide bonds. The highest BCUT2D eigenvalue weighted by molar-refractivity contribution is 5.80. The summed E-state index contributed by atoms with van der Waals surface area (Å²) in [6.07, 6.45) is 0.349. The van der Waals surface area contributed by atoms with Gasteiger partial charge >= 0.3 is 0 Å². The van der Waals surface area contributed by atoms with E-state index in [4.69, 9.17) is 9.26 Å². The van der Waals surface area contributed by atoms with Gasteiger partial charge in [0.2, 0.25) is 11.7 Å². The summed E-state index contributed by atoms with van der Waals surface area (Å²) in [4.78, 5) is 18.5. The molecule has 2 aromatic heterocycles. The van der Waals surface area contributed by atoms with E-state index in [1.54, 1.807) is 16.8 Å². The summed E-state index contributed by atoms with van der Waals surface area (Å²) >= 11 is 0. The molecule has 1 aliphatic heterocycles. The van der Waals surface area contributed by atoms with Crippen LogP contribution in [0.15, 0.2) is 47.0 Å². The van der Waals surface area contributed by atoms with E-state index in [9.17, 15) is 9.18 Å². The maximum atomic E-state index is 13.4. The molecule has 5 rings (SSSR count). The molecule has 0 N–H and O–H groups in total. The lowest BCUT2D eigenvalue weighted by Crippen LogP contribution is -2.41. The number of hydrogen-bond acceptors (Lipinski definition) is 7. The monoisotopic (exact) mass is 422 g/mol. The van der Waals surface area contributed by atoms with Crippen LogP contribution in [0, 0.1) is 5.82 Å². The number of ether oxygens (including phenoxy) is 1. The van der Waals surface area contributed by atoms with Crippen molar-refractivity contribution < 1.29 is 18.4 Å². The van der Waals surface area contributed by atoms with E-state index in [1.165, 1.54) is 12.1 Å². The van der Waals surface area contributed by atoms with Crippen molar-refractivity contribution in [3.8, 4) is 22.8 Å². The third kappa shape index (κ3) is 4.02. The zero-order valence-corrected chi connectivity index (χ0v) is 16.6. The van der Waals surface area contributed by atoms with Crippen molar-refractivity contribution in [1.82, 2.24) is 30.0 Å². The third-order valence-electron chi connectivity index (χ3n) is 5.17. The average Bonchev–Trinajstić information content (AvgIpc) is 3.45. The Bertz CT molecular complexity index is 1230. The van der Waals surface area contributed by atoms with Crippen molar-refractivity contribution in [2.75, 3.05) is 26.3 Å². The molecule has 1 saturated heterocycles. The Morgan fingerprint density at radius 1 is 1.10 bits per heavy atom. The van der Waals surface area contributed by atoms with E-state index in [-0.39, 0.29) is 17.6 Å². The first-order valence-electron chi connectivity index (χ1n) is 9.96. The molecular formula is C21H19FN6O3. The largest absolute Gasteiger partial charge is 0.378 e. The Labute approximate surface area is 176 Å². The minimum absolute atomic E-state index is 0.0836. The molecule has 31 heavy (non-hydrogen) atoms. The molecule has 9 nitrogen and oxygen atoms in total. The first-order valence-corrected chi connectivity index (χ1v) is 9.96. The third-order valence-corrected chi connectivity index (χ3v) is 5.17. The van der Waals surface area contributed by atoms with E-state index >= 15 is 0 Å². The zero-order chi connectivity index (χ0) is 21.2. The Balaban J connectivity index is 1.32. The molecule has 1 fully saturated rings. The van der Waals surface area contributed by atoms with Crippen LogP contribution in [0.5, 0.6) is 0 Å². The summed E-state index contributed by atoms with van der Waals surface area (Å²) in [5.74, 6) is 0.320. The first kappa shape index (κ1) is 19.3. The minimum atomic E-state index is -0.373. The van der Waals surface area contributed by atoms with Crippen LogP contribution in [0.25, 0.3) is 33.9 Å². The van der Waals surface area contributed by atoms with E-state index in [1.807, 2.05) is 23.1 Å². The summed E-state index contributed by atoms with van der Waals surface area (Å²) in [7, 11) is 0. The molecule has 0 saturated carbocycles. The molecule has 1 aliphatic rings. The SMILES string of the molecule is O=C(CCn1nnc2cc(-c3noc(-c4cccc(F)c4)n3)ccc21)N1CCOCC1. The number of halogens is 1. The molecule has 0 atom stereocenters. The number of aromatic nitrogens is 5. The van der Waals surface area contributed by atoms with Crippen molar-refractivity contribution in [1.29, 1.82) is 0 Å². The highest BCUT2D eigenvalue weighted by atomic mass is 19.1. The van der Waals surface area contributed by atoms with Gasteiger partial charge in [-0.1, -0.05) is 16.4 Å². The highest BCUT2D eigenvalue weighted by Gasteiger charge is 2.18. The quantitative estimate of drug-likeness (QED) is 0.487. The van der Waals surface area contributed by atoms with Crippen molar-refractivity contribution >= 4 is 16.9 Å². The molecule has 0 radical (unpaired) electrons. The fraction of sp³-hybridized carbons (Fsp3) is 0.286. The second kappa shape index (κ2) is 8.23. The predicted octanol–water partition coefficient (Wildman–Crippen LogP) is 2.54. The van der Waals surface area contributed by atoms with E-state index in [0.29, 0.717) is 61.7 Å². The molecule has 4 aromatic rings. The maximum Gasteiger partial charge on any atom is 0.258 e. The van der Waals surface area contributed by atoms with Gasteiger partial charge in [0.1, 0.15) is 11.3 Å². The van der Waals surface area contributed by atoms with Crippen LogP contribution >= 0.6 is 0 Å². The topological polar surface area (TPSA) is 99.2 Å². The van der Waals surface area contributed by atoms with Gasteiger partial charge in [-0.05, 0) is 36.4 Å². The van der Waals surface area contributed by atoms with Crippen molar-refractivity contribution in [3.05, 3.63) is 48.3 Å². The highest BCUT2D eigenvalue weighted by Crippen LogP contribution is 2.25. The number of hydrogen-bond donors (Lipinski definition) is 0. The van der Waals surface area contributed by atoms with E-state index < -0.39 is 0 Å². The minimum Gasteiger partial charge on any atom is -0.378 e. The number of fused-ring (bicyclic) bond motifs is 1. The number of carbonyl (C=O) groups is 1. The lowest BCUT2D eigenvalue weighted by Gasteiger charge is -2.26. The second-order valence-electron chi connectivity index (χ2n) is 7.19. The van der Waals surface area contributed by atoms with E-state index in [2.05, 4.69) is 20.5 Å². The normalized spacial score (nSPS) is 14.3. The molecule has 2 aromatic carbocycles. The Morgan fingerprint density at radius 2 is 1.97 bits per heavy atom. The van der Waals surface area contributed by atoms with Crippen LogP contribution < -0.4 is 0 Å². The lowest BCUT2D eigenvalue weighted by atomic mass is 10.2. The van der Waals surface area contributed by atoms with Crippen molar-refractivity contribution in [2.45, 2.75) is 13.0 Å². The standard InChI is InChI=1S/C21H19FN6O3/c22-16-3-1-2-15(12-16)21-23-20(25-31-21)14-4-5-18-17(13-14)24-26-28(18)7-6-19(29)27-8-10-30-11-9-27/h1-5,12-13H,6-11H2. The molecule has 3 heterocycles. The van der Waals surface area contributed by atoms with Crippen LogP contribution in [-0.2, 0) is 16.1 Å². The first-order chi connectivity index (χ1) is 15.2. The van der Waals surface area contributed by atoms with Gasteiger partial charge in [-0.2, -0.15) is 4.98 Å². The van der Waals surface area contributed by atoms with Gasteiger partial charge in [0.05, 0.1) is 25.3 Å². The average molecular weight is 422 g/mol. The van der Waals surface area contributed by atoms with Crippen molar-refractivity contribution in [2.24, 2.45) is 0 Å². The van der Waals surface area contributed by atoms with Crippen molar-refractivity contribution in [3.63, 3.8) is 0 Å². The van der Waals surface area contributed by atoms with Crippen LogP contribution in [0.3, 0.4) is 0 Å². The second-order valence-corrected chi connectivity index (χ2v) is 7.19. The number of aryl methyl sites for hydroxylation is 1. The van der Waals surface area contributed by atoms with Gasteiger partial charge in [0.25, 0.3) is 5.89 Å². The number of amides is 1. The van der Waals surface area contributed by atoms with Gasteiger partial charge in [-0.15, -0.1) is 5.10 Å². The molecule has 158 valence electrons. The summed E-state index contributed by atoms with van der Waals surface area (Å²) in [6.45, 7) is 2.86. The number of benzene rings is 2. The van der Waals surface area contributed by atoms with Gasteiger partial charge < -0.3 is 14.2 Å². The van der Waals surface area contributed by atoms with Gasteiger partial charge in [0, 0.05) is 30.6 Å². The fourth-order valence-electron chi connectivity index (χ4n) is 3.53. The molecule has 0 unspecified atom stereocenters. The van der Waals surface area contributed by atoms with Crippen LogP contribution in [-0.4, -0.2) is 62.2 Å². The summed E-state index contributed by atoms with van der Waals surface area (Å²) in [5, 5.41) is 12.4. The Kier molecular flexibility index (Phi) is 5.13. The summed E-state index contributed by atoms with van der Waals surface area (Å²) in [5.41, 5.74) is 2.69. The molecule has 0 spiro atoms.